The Hall–Kier alpha value is -3.34. The maximum Gasteiger partial charge on any atom is 0.344 e. The van der Waals surface area contributed by atoms with Gasteiger partial charge in [0.2, 0.25) is 0 Å². The Balaban J connectivity index is 1.75. The van der Waals surface area contributed by atoms with Crippen molar-refractivity contribution in [3.63, 3.8) is 0 Å². The molecule has 2 aromatic carbocycles. The average Bonchev–Trinajstić information content (AvgIpc) is 2.74. The molecule has 0 N–H and O–H groups in total. The van der Waals surface area contributed by atoms with Gasteiger partial charge in [0.05, 0.1) is 18.8 Å². The van der Waals surface area contributed by atoms with Crippen LogP contribution >= 0.6 is 0 Å². The number of carbonyl (C=O) groups excluding carboxylic acids is 1. The summed E-state index contributed by atoms with van der Waals surface area (Å²) in [7, 11) is 0. The van der Waals surface area contributed by atoms with E-state index < -0.39 is 5.63 Å². The van der Waals surface area contributed by atoms with Crippen molar-refractivity contribution < 1.29 is 18.7 Å². The number of Topliss-reactive ketones (excluding diaryl/α,β-unsaturated/α-hetero) is 1. The molecule has 5 nitrogen and oxygen atoms in total. The summed E-state index contributed by atoms with van der Waals surface area (Å²) in [5.41, 5.74) is 1.79. The molecule has 5 heteroatoms. The fourth-order valence-corrected chi connectivity index (χ4v) is 2.92. The van der Waals surface area contributed by atoms with Gasteiger partial charge < -0.3 is 13.9 Å². The van der Waals surface area contributed by atoms with Crippen molar-refractivity contribution in [3.05, 3.63) is 71.1 Å². The summed E-state index contributed by atoms with van der Waals surface area (Å²) in [4.78, 5) is 24.1. The first-order valence-electron chi connectivity index (χ1n) is 10.1. The lowest BCUT2D eigenvalue weighted by atomic mass is 10.1. The summed E-state index contributed by atoms with van der Waals surface area (Å²) in [6.45, 7) is 8.34. The first-order valence-corrected chi connectivity index (χ1v) is 10.1. The molecule has 0 spiro atoms. The molecule has 0 unspecified atom stereocenters. The van der Waals surface area contributed by atoms with Gasteiger partial charge in [-0.15, -0.1) is 0 Å². The van der Waals surface area contributed by atoms with E-state index in [1.165, 1.54) is 0 Å². The molecule has 0 bridgehead atoms. The van der Waals surface area contributed by atoms with Crippen LogP contribution in [0.5, 0.6) is 11.5 Å². The first kappa shape index (κ1) is 21.4. The van der Waals surface area contributed by atoms with E-state index in [0.29, 0.717) is 29.1 Å². The van der Waals surface area contributed by atoms with Crippen LogP contribution in [0.2, 0.25) is 0 Å². The Morgan fingerprint density at radius 1 is 1.00 bits per heavy atom. The number of unbranched alkanes of at least 4 members (excludes halogenated alkanes) is 1. The van der Waals surface area contributed by atoms with Gasteiger partial charge in [-0.1, -0.05) is 32.1 Å². The number of benzene rings is 2. The van der Waals surface area contributed by atoms with Crippen LogP contribution in [0.1, 0.15) is 33.1 Å². The number of carbonyl (C=O) groups is 1. The molecule has 0 saturated heterocycles. The second kappa shape index (κ2) is 9.92. The molecular weight excluding hydrogens is 380 g/mol. The van der Waals surface area contributed by atoms with Gasteiger partial charge in [-0.25, -0.2) is 4.79 Å². The van der Waals surface area contributed by atoms with E-state index in [4.69, 9.17) is 13.9 Å². The number of fused-ring (bicyclic) bond motifs is 1. The largest absolute Gasteiger partial charge is 0.494 e. The topological polar surface area (TPSA) is 65.7 Å². The minimum atomic E-state index is -0.420. The molecule has 0 amide bonds. The Morgan fingerprint density at radius 3 is 2.40 bits per heavy atom. The minimum Gasteiger partial charge on any atom is -0.494 e. The standard InChI is InChI=1S/C25H26O5/c1-4-5-13-28-20-9-6-18(7-10-20)22-15-19-8-11-21(16-24(19)30-25(22)27)29-14-12-23(26)17(2)3/h6-11,15-16H,2,4-5,12-14H2,1,3H3. The van der Waals surface area contributed by atoms with Gasteiger partial charge in [0.25, 0.3) is 0 Å². The lowest BCUT2D eigenvalue weighted by Gasteiger charge is -2.08. The summed E-state index contributed by atoms with van der Waals surface area (Å²) in [6.07, 6.45) is 2.34. The normalized spacial score (nSPS) is 10.7. The number of allylic oxidation sites excluding steroid dienone is 1. The highest BCUT2D eigenvalue weighted by molar-refractivity contribution is 5.94. The van der Waals surface area contributed by atoms with Crippen molar-refractivity contribution in [3.8, 4) is 22.6 Å². The Labute approximate surface area is 175 Å². The third kappa shape index (κ3) is 5.38. The van der Waals surface area contributed by atoms with E-state index in [1.54, 1.807) is 19.1 Å². The summed E-state index contributed by atoms with van der Waals surface area (Å²) in [5.74, 6) is 1.29. The Kier molecular flexibility index (Phi) is 7.07. The fourth-order valence-electron chi connectivity index (χ4n) is 2.92. The number of hydrogen-bond donors (Lipinski definition) is 0. The zero-order valence-corrected chi connectivity index (χ0v) is 17.4. The van der Waals surface area contributed by atoms with Crippen molar-refractivity contribution in [2.75, 3.05) is 13.2 Å². The molecule has 0 aliphatic rings. The highest BCUT2D eigenvalue weighted by Gasteiger charge is 2.10. The van der Waals surface area contributed by atoms with Gasteiger partial charge in [0.15, 0.2) is 5.78 Å². The highest BCUT2D eigenvalue weighted by Crippen LogP contribution is 2.26. The SMILES string of the molecule is C=C(C)C(=O)CCOc1ccc2cc(-c3ccc(OCCCC)cc3)c(=O)oc2c1. The summed E-state index contributed by atoms with van der Waals surface area (Å²) in [5, 5.41) is 0.790. The molecule has 1 heterocycles. The lowest BCUT2D eigenvalue weighted by Crippen LogP contribution is -2.07. The van der Waals surface area contributed by atoms with Crippen molar-refractivity contribution in [2.45, 2.75) is 33.1 Å². The van der Waals surface area contributed by atoms with Crippen LogP contribution in [-0.2, 0) is 4.79 Å². The number of hydrogen-bond acceptors (Lipinski definition) is 5. The van der Waals surface area contributed by atoms with Crippen LogP contribution in [0.15, 0.2) is 69.9 Å². The second-order valence-electron chi connectivity index (χ2n) is 7.18. The van der Waals surface area contributed by atoms with Crippen molar-refractivity contribution in [1.29, 1.82) is 0 Å². The predicted molar refractivity (Wildman–Crippen MR) is 118 cm³/mol. The maximum absolute atomic E-state index is 12.5. The number of ether oxygens (including phenoxy) is 2. The van der Waals surface area contributed by atoms with Crippen molar-refractivity contribution >= 4 is 16.8 Å². The minimum absolute atomic E-state index is 0.0336. The molecular formula is C25H26O5. The van der Waals surface area contributed by atoms with E-state index in [2.05, 4.69) is 13.5 Å². The molecule has 0 aliphatic heterocycles. The van der Waals surface area contributed by atoms with Crippen LogP contribution in [0, 0.1) is 0 Å². The van der Waals surface area contributed by atoms with Gasteiger partial charge in [-0.05, 0) is 54.8 Å². The summed E-state index contributed by atoms with van der Waals surface area (Å²) in [6, 6.07) is 14.5. The highest BCUT2D eigenvalue weighted by atomic mass is 16.5. The third-order valence-corrected chi connectivity index (χ3v) is 4.71. The van der Waals surface area contributed by atoms with Crippen LogP contribution in [-0.4, -0.2) is 19.0 Å². The molecule has 0 saturated carbocycles. The monoisotopic (exact) mass is 406 g/mol. The van der Waals surface area contributed by atoms with Crippen molar-refractivity contribution in [1.82, 2.24) is 0 Å². The van der Waals surface area contributed by atoms with E-state index in [9.17, 15) is 9.59 Å². The van der Waals surface area contributed by atoms with E-state index in [-0.39, 0.29) is 18.8 Å². The van der Waals surface area contributed by atoms with Gasteiger partial charge >= 0.3 is 5.63 Å². The summed E-state index contributed by atoms with van der Waals surface area (Å²) < 4.78 is 16.8. The maximum atomic E-state index is 12.5. The molecule has 0 atom stereocenters. The fraction of sp³-hybridized carbons (Fsp3) is 0.280. The molecule has 0 fully saturated rings. The average molecular weight is 406 g/mol. The molecule has 156 valence electrons. The molecule has 0 aliphatic carbocycles. The molecule has 0 radical (unpaired) electrons. The molecule has 3 aromatic rings. The van der Waals surface area contributed by atoms with E-state index in [1.807, 2.05) is 36.4 Å². The van der Waals surface area contributed by atoms with E-state index >= 15 is 0 Å². The third-order valence-electron chi connectivity index (χ3n) is 4.71. The lowest BCUT2D eigenvalue weighted by molar-refractivity contribution is -0.115. The van der Waals surface area contributed by atoms with Crippen LogP contribution in [0.3, 0.4) is 0 Å². The van der Waals surface area contributed by atoms with E-state index in [0.717, 1.165) is 29.5 Å². The second-order valence-corrected chi connectivity index (χ2v) is 7.18. The zero-order valence-electron chi connectivity index (χ0n) is 17.4. The zero-order chi connectivity index (χ0) is 21.5. The molecule has 3 rings (SSSR count). The van der Waals surface area contributed by atoms with Crippen LogP contribution < -0.4 is 15.1 Å². The predicted octanol–water partition coefficient (Wildman–Crippen LogP) is 5.55. The first-order chi connectivity index (χ1) is 14.5. The van der Waals surface area contributed by atoms with Gasteiger partial charge in [0, 0.05) is 17.9 Å². The van der Waals surface area contributed by atoms with Crippen LogP contribution in [0.25, 0.3) is 22.1 Å². The Bertz CT molecular complexity index is 1090. The van der Waals surface area contributed by atoms with Gasteiger partial charge in [0.1, 0.15) is 17.1 Å². The van der Waals surface area contributed by atoms with Crippen LogP contribution in [0.4, 0.5) is 0 Å². The van der Waals surface area contributed by atoms with Gasteiger partial charge in [-0.3, -0.25) is 4.79 Å². The number of ketones is 1. The van der Waals surface area contributed by atoms with Gasteiger partial charge in [-0.2, -0.15) is 0 Å². The number of rotatable bonds is 10. The molecule has 1 aromatic heterocycles. The smallest absolute Gasteiger partial charge is 0.344 e. The molecule has 30 heavy (non-hydrogen) atoms. The van der Waals surface area contributed by atoms with Crippen molar-refractivity contribution in [2.24, 2.45) is 0 Å². The quantitative estimate of drug-likeness (QED) is 0.251. The summed E-state index contributed by atoms with van der Waals surface area (Å²) >= 11 is 0. The Morgan fingerprint density at radius 2 is 1.70 bits per heavy atom.